The number of ether oxygens (including phenoxy) is 2. The zero-order chi connectivity index (χ0) is 20.9. The summed E-state index contributed by atoms with van der Waals surface area (Å²) in [7, 11) is -0.743. The van der Waals surface area contributed by atoms with Gasteiger partial charge in [0.05, 0.1) is 0 Å². The zero-order valence-electron chi connectivity index (χ0n) is 18.5. The van der Waals surface area contributed by atoms with Crippen molar-refractivity contribution in [3.05, 3.63) is 23.8 Å². The SMILES string of the molecule is CCCCCCCCS(=O)C(C)Cc1ccc2c(c1)OCO2.NC1CCCCC1. The van der Waals surface area contributed by atoms with Gasteiger partial charge in [-0.2, -0.15) is 0 Å². The van der Waals surface area contributed by atoms with Gasteiger partial charge in [0.1, 0.15) is 0 Å². The van der Waals surface area contributed by atoms with Crippen molar-refractivity contribution in [3.8, 4) is 11.5 Å². The molecule has 0 aromatic heterocycles. The summed E-state index contributed by atoms with van der Waals surface area (Å²) in [5.74, 6) is 2.45. The highest BCUT2D eigenvalue weighted by atomic mass is 32.2. The molecule has 0 spiro atoms. The third-order valence-electron chi connectivity index (χ3n) is 5.76. The molecule has 1 aromatic carbocycles. The largest absolute Gasteiger partial charge is 0.454 e. The van der Waals surface area contributed by atoms with Gasteiger partial charge in [0, 0.05) is 27.8 Å². The Morgan fingerprint density at radius 3 is 2.41 bits per heavy atom. The number of benzene rings is 1. The lowest BCUT2D eigenvalue weighted by Gasteiger charge is -2.15. The lowest BCUT2D eigenvalue weighted by molar-refractivity contribution is 0.174. The Bertz CT molecular complexity index is 602. The molecule has 0 saturated heterocycles. The van der Waals surface area contributed by atoms with Gasteiger partial charge in [0.2, 0.25) is 6.79 Å². The number of rotatable bonds is 10. The van der Waals surface area contributed by atoms with Gasteiger partial charge in [-0.15, -0.1) is 0 Å². The fourth-order valence-corrected chi connectivity index (χ4v) is 5.12. The van der Waals surface area contributed by atoms with E-state index in [9.17, 15) is 4.21 Å². The highest BCUT2D eigenvalue weighted by molar-refractivity contribution is 7.85. The number of nitrogens with two attached hydrogens (primary N) is 1. The van der Waals surface area contributed by atoms with Crippen LogP contribution in [-0.4, -0.2) is 28.0 Å². The Morgan fingerprint density at radius 1 is 1.03 bits per heavy atom. The maximum atomic E-state index is 12.3. The van der Waals surface area contributed by atoms with Crippen LogP contribution < -0.4 is 15.2 Å². The van der Waals surface area contributed by atoms with Crippen LogP contribution in [0.15, 0.2) is 18.2 Å². The first-order valence-electron chi connectivity index (χ1n) is 11.6. The van der Waals surface area contributed by atoms with Crippen LogP contribution in [0.3, 0.4) is 0 Å². The molecule has 0 amide bonds. The Kier molecular flexibility index (Phi) is 11.7. The molecule has 0 radical (unpaired) electrons. The van der Waals surface area contributed by atoms with E-state index in [1.54, 1.807) is 0 Å². The number of unbranched alkanes of at least 4 members (excludes halogenated alkanes) is 5. The second kappa shape index (κ2) is 14.0. The lowest BCUT2D eigenvalue weighted by atomic mass is 9.97. The van der Waals surface area contributed by atoms with E-state index in [2.05, 4.69) is 13.8 Å². The average Bonchev–Trinajstić information content (AvgIpc) is 3.19. The second-order valence-corrected chi connectivity index (χ2v) is 10.4. The minimum atomic E-state index is -0.743. The van der Waals surface area contributed by atoms with Crippen LogP contribution in [0.5, 0.6) is 11.5 Å². The van der Waals surface area contributed by atoms with Gasteiger partial charge in [-0.25, -0.2) is 0 Å². The first-order chi connectivity index (χ1) is 14.1. The fourth-order valence-electron chi connectivity index (χ4n) is 3.85. The Balaban J connectivity index is 0.000000360. The summed E-state index contributed by atoms with van der Waals surface area (Å²) >= 11 is 0. The standard InChI is InChI=1S/C18H28O3S.C6H13N/c1-3-4-5-6-7-8-11-22(19)15(2)12-16-9-10-17-18(13-16)21-14-20-17;7-6-4-2-1-3-5-6/h9-10,13,15H,3-8,11-12,14H2,1-2H3;6H,1-5,7H2. The third kappa shape index (κ3) is 9.52. The van der Waals surface area contributed by atoms with Gasteiger partial charge < -0.3 is 15.2 Å². The molecule has 5 heteroatoms. The minimum Gasteiger partial charge on any atom is -0.454 e. The van der Waals surface area contributed by atoms with E-state index in [-0.39, 0.29) is 5.25 Å². The first-order valence-corrected chi connectivity index (χ1v) is 13.0. The van der Waals surface area contributed by atoms with Crippen molar-refractivity contribution in [2.75, 3.05) is 12.5 Å². The van der Waals surface area contributed by atoms with Crippen molar-refractivity contribution in [3.63, 3.8) is 0 Å². The van der Waals surface area contributed by atoms with Crippen molar-refractivity contribution in [2.45, 2.75) is 102 Å². The number of fused-ring (bicyclic) bond motifs is 1. The molecule has 1 aliphatic heterocycles. The number of hydrogen-bond donors (Lipinski definition) is 1. The van der Waals surface area contributed by atoms with Crippen LogP contribution in [0.4, 0.5) is 0 Å². The quantitative estimate of drug-likeness (QED) is 0.488. The summed E-state index contributed by atoms with van der Waals surface area (Å²) in [5.41, 5.74) is 6.81. The molecule has 4 nitrogen and oxygen atoms in total. The van der Waals surface area contributed by atoms with Crippen LogP contribution >= 0.6 is 0 Å². The highest BCUT2D eigenvalue weighted by Gasteiger charge is 2.16. The maximum Gasteiger partial charge on any atom is 0.231 e. The zero-order valence-corrected chi connectivity index (χ0v) is 19.3. The van der Waals surface area contributed by atoms with E-state index in [1.807, 2.05) is 18.2 Å². The molecule has 3 rings (SSSR count). The van der Waals surface area contributed by atoms with Crippen LogP contribution in [0, 0.1) is 0 Å². The topological polar surface area (TPSA) is 61.5 Å². The van der Waals surface area contributed by atoms with Gasteiger partial charge in [-0.05, 0) is 43.4 Å². The van der Waals surface area contributed by atoms with Gasteiger partial charge in [-0.1, -0.05) is 71.3 Å². The maximum absolute atomic E-state index is 12.3. The lowest BCUT2D eigenvalue weighted by Crippen LogP contribution is -2.22. The molecule has 1 aromatic rings. The van der Waals surface area contributed by atoms with Crippen molar-refractivity contribution in [1.29, 1.82) is 0 Å². The van der Waals surface area contributed by atoms with Crippen LogP contribution in [0.1, 0.15) is 90.0 Å². The van der Waals surface area contributed by atoms with Gasteiger partial charge in [-0.3, -0.25) is 4.21 Å². The summed E-state index contributed by atoms with van der Waals surface area (Å²) < 4.78 is 23.0. The van der Waals surface area contributed by atoms with Gasteiger partial charge in [0.15, 0.2) is 11.5 Å². The summed E-state index contributed by atoms with van der Waals surface area (Å²) in [6, 6.07) is 6.54. The predicted molar refractivity (Wildman–Crippen MR) is 123 cm³/mol. The molecular formula is C24H41NO3S. The second-order valence-electron chi connectivity index (χ2n) is 8.45. The van der Waals surface area contributed by atoms with E-state index < -0.39 is 10.8 Å². The van der Waals surface area contributed by atoms with E-state index in [1.165, 1.54) is 69.8 Å². The molecular weight excluding hydrogens is 382 g/mol. The van der Waals surface area contributed by atoms with E-state index >= 15 is 0 Å². The molecule has 2 atom stereocenters. The first kappa shape index (κ1) is 24.2. The molecule has 2 aliphatic rings. The smallest absolute Gasteiger partial charge is 0.231 e. The third-order valence-corrected chi connectivity index (χ3v) is 7.51. The van der Waals surface area contributed by atoms with Crippen molar-refractivity contribution < 1.29 is 13.7 Å². The molecule has 166 valence electrons. The van der Waals surface area contributed by atoms with Crippen LogP contribution in [0.2, 0.25) is 0 Å². The highest BCUT2D eigenvalue weighted by Crippen LogP contribution is 2.33. The molecule has 2 N–H and O–H groups in total. The normalized spacial score (nSPS) is 18.0. The summed E-state index contributed by atoms with van der Waals surface area (Å²) in [6.07, 6.45) is 15.0. The molecule has 2 unspecified atom stereocenters. The summed E-state index contributed by atoms with van der Waals surface area (Å²) in [6.45, 7) is 4.61. The van der Waals surface area contributed by atoms with Crippen molar-refractivity contribution in [1.82, 2.24) is 0 Å². The molecule has 1 fully saturated rings. The molecule has 1 saturated carbocycles. The molecule has 0 bridgehead atoms. The molecule has 1 heterocycles. The predicted octanol–water partition coefficient (Wildman–Crippen LogP) is 5.73. The van der Waals surface area contributed by atoms with Gasteiger partial charge >= 0.3 is 0 Å². The molecule has 1 aliphatic carbocycles. The van der Waals surface area contributed by atoms with E-state index in [0.717, 1.165) is 30.1 Å². The molecule has 29 heavy (non-hydrogen) atoms. The number of hydrogen-bond acceptors (Lipinski definition) is 4. The summed E-state index contributed by atoms with van der Waals surface area (Å²) in [4.78, 5) is 0. The monoisotopic (exact) mass is 423 g/mol. The Hall–Kier alpha value is -1.07. The van der Waals surface area contributed by atoms with Crippen LogP contribution in [0.25, 0.3) is 0 Å². The fraction of sp³-hybridized carbons (Fsp3) is 0.750. The summed E-state index contributed by atoms with van der Waals surface area (Å²) in [5, 5.41) is 0.191. The average molecular weight is 424 g/mol. The Morgan fingerprint density at radius 2 is 1.72 bits per heavy atom. The van der Waals surface area contributed by atoms with Crippen molar-refractivity contribution >= 4 is 10.8 Å². The Labute approximate surface area is 180 Å². The van der Waals surface area contributed by atoms with Crippen LogP contribution in [-0.2, 0) is 17.2 Å². The van der Waals surface area contributed by atoms with Crippen molar-refractivity contribution in [2.24, 2.45) is 5.73 Å². The van der Waals surface area contributed by atoms with E-state index in [0.29, 0.717) is 12.8 Å². The minimum absolute atomic E-state index is 0.191. The van der Waals surface area contributed by atoms with E-state index in [4.69, 9.17) is 15.2 Å². The van der Waals surface area contributed by atoms with Gasteiger partial charge in [0.25, 0.3) is 0 Å².